The minimum Gasteiger partial charge on any atom is -0.489 e. The first-order valence-electron chi connectivity index (χ1n) is 7.06. The van der Waals surface area contributed by atoms with Gasteiger partial charge in [0.2, 0.25) is 0 Å². The molecule has 0 bridgehead atoms. The third-order valence-corrected chi connectivity index (χ3v) is 4.47. The lowest BCUT2D eigenvalue weighted by molar-refractivity contribution is 0.306. The van der Waals surface area contributed by atoms with Gasteiger partial charge in [0.05, 0.1) is 10.0 Å². The largest absolute Gasteiger partial charge is 0.489 e. The third kappa shape index (κ3) is 3.36. The number of hydrogen-bond acceptors (Lipinski definition) is 3. The van der Waals surface area contributed by atoms with Crippen LogP contribution in [0.2, 0.25) is 10.0 Å². The molecule has 3 nitrogen and oxygen atoms in total. The van der Waals surface area contributed by atoms with Crippen molar-refractivity contribution in [2.24, 2.45) is 0 Å². The van der Waals surface area contributed by atoms with Crippen molar-refractivity contribution < 1.29 is 9.15 Å². The summed E-state index contributed by atoms with van der Waals surface area (Å²) in [5.41, 5.74) is 3.14. The Hall–Kier alpha value is -1.97. The summed E-state index contributed by atoms with van der Waals surface area (Å²) >= 11 is 11.9. The lowest BCUT2D eigenvalue weighted by Gasteiger charge is -2.10. The van der Waals surface area contributed by atoms with E-state index in [1.54, 1.807) is 18.2 Å². The quantitative estimate of drug-likeness (QED) is 0.603. The molecule has 1 heterocycles. The van der Waals surface area contributed by atoms with Gasteiger partial charge < -0.3 is 9.15 Å². The normalized spacial score (nSPS) is 11.0. The summed E-state index contributed by atoms with van der Waals surface area (Å²) in [4.78, 5) is 11.7. The highest BCUT2D eigenvalue weighted by Gasteiger charge is 2.09. The second-order valence-electron chi connectivity index (χ2n) is 5.39. The van der Waals surface area contributed by atoms with Gasteiger partial charge in [-0.1, -0.05) is 23.2 Å². The third-order valence-electron chi connectivity index (χ3n) is 3.73. The molecule has 0 atom stereocenters. The van der Waals surface area contributed by atoms with Crippen molar-refractivity contribution in [3.8, 4) is 5.75 Å². The van der Waals surface area contributed by atoms with Gasteiger partial charge in [0, 0.05) is 23.1 Å². The van der Waals surface area contributed by atoms with Crippen molar-refractivity contribution in [3.05, 3.63) is 73.6 Å². The van der Waals surface area contributed by atoms with Crippen LogP contribution in [0.15, 0.2) is 45.6 Å². The molecule has 118 valence electrons. The second-order valence-corrected chi connectivity index (χ2v) is 6.20. The Bertz CT molecular complexity index is 945. The summed E-state index contributed by atoms with van der Waals surface area (Å²) in [6.45, 7) is 4.24. The molecule has 0 saturated heterocycles. The fourth-order valence-corrected chi connectivity index (χ4v) is 2.62. The van der Waals surface area contributed by atoms with Crippen molar-refractivity contribution in [3.63, 3.8) is 0 Å². The zero-order chi connectivity index (χ0) is 16.6. The van der Waals surface area contributed by atoms with E-state index in [0.29, 0.717) is 21.4 Å². The molecule has 0 aliphatic heterocycles. The number of benzene rings is 2. The molecule has 0 radical (unpaired) electrons. The minimum atomic E-state index is -0.395. The van der Waals surface area contributed by atoms with E-state index in [0.717, 1.165) is 22.1 Å². The van der Waals surface area contributed by atoms with Gasteiger partial charge in [0.1, 0.15) is 17.9 Å². The van der Waals surface area contributed by atoms with E-state index in [9.17, 15) is 4.79 Å². The standard InChI is InChI=1S/C18H14Cl2O3/c1-10-5-14-12(7-18(21)23-17(14)6-11(10)2)9-22-13-3-4-15(19)16(20)8-13/h3-8H,9H2,1-2H3. The van der Waals surface area contributed by atoms with Gasteiger partial charge in [-0.15, -0.1) is 0 Å². The van der Waals surface area contributed by atoms with Crippen LogP contribution < -0.4 is 10.4 Å². The highest BCUT2D eigenvalue weighted by Crippen LogP contribution is 2.28. The summed E-state index contributed by atoms with van der Waals surface area (Å²) in [7, 11) is 0. The monoisotopic (exact) mass is 348 g/mol. The Kier molecular flexibility index (Phi) is 4.33. The van der Waals surface area contributed by atoms with E-state index in [4.69, 9.17) is 32.4 Å². The molecule has 0 amide bonds. The van der Waals surface area contributed by atoms with E-state index in [1.807, 2.05) is 26.0 Å². The van der Waals surface area contributed by atoms with Crippen LogP contribution in [0.4, 0.5) is 0 Å². The van der Waals surface area contributed by atoms with Crippen molar-refractivity contribution in [2.45, 2.75) is 20.5 Å². The fraction of sp³-hybridized carbons (Fsp3) is 0.167. The van der Waals surface area contributed by atoms with Crippen molar-refractivity contribution in [1.29, 1.82) is 0 Å². The Morgan fingerprint density at radius 1 is 1.00 bits per heavy atom. The molecule has 0 aliphatic carbocycles. The maximum absolute atomic E-state index is 11.7. The van der Waals surface area contributed by atoms with Crippen LogP contribution >= 0.6 is 23.2 Å². The van der Waals surface area contributed by atoms with Gasteiger partial charge >= 0.3 is 5.63 Å². The van der Waals surface area contributed by atoms with Crippen LogP contribution in [0.25, 0.3) is 11.0 Å². The van der Waals surface area contributed by atoms with Gasteiger partial charge in [-0.05, 0) is 49.2 Å². The number of hydrogen-bond donors (Lipinski definition) is 0. The van der Waals surface area contributed by atoms with Gasteiger partial charge in [0.25, 0.3) is 0 Å². The lowest BCUT2D eigenvalue weighted by Crippen LogP contribution is -2.04. The van der Waals surface area contributed by atoms with Crippen LogP contribution in [0.3, 0.4) is 0 Å². The fourth-order valence-electron chi connectivity index (χ4n) is 2.33. The lowest BCUT2D eigenvalue weighted by atomic mass is 10.0. The van der Waals surface area contributed by atoms with E-state index < -0.39 is 5.63 Å². The average molecular weight is 349 g/mol. The molecular formula is C18H14Cl2O3. The molecule has 3 rings (SSSR count). The molecule has 0 N–H and O–H groups in total. The van der Waals surface area contributed by atoms with Crippen molar-refractivity contribution in [2.75, 3.05) is 0 Å². The summed E-state index contributed by atoms with van der Waals surface area (Å²) in [5, 5.41) is 1.76. The summed E-state index contributed by atoms with van der Waals surface area (Å²) in [6, 6.07) is 10.4. The second kappa shape index (κ2) is 6.26. The Balaban J connectivity index is 1.97. The number of ether oxygens (including phenoxy) is 1. The predicted molar refractivity (Wildman–Crippen MR) is 92.8 cm³/mol. The van der Waals surface area contributed by atoms with E-state index in [1.165, 1.54) is 6.07 Å². The Labute approximate surface area is 143 Å². The molecule has 0 spiro atoms. The van der Waals surface area contributed by atoms with Crippen LogP contribution in [0.5, 0.6) is 5.75 Å². The molecule has 0 saturated carbocycles. The Morgan fingerprint density at radius 3 is 2.48 bits per heavy atom. The zero-order valence-corrected chi connectivity index (χ0v) is 14.2. The molecule has 0 unspecified atom stereocenters. The van der Waals surface area contributed by atoms with Gasteiger partial charge in [-0.25, -0.2) is 4.79 Å². The Morgan fingerprint density at radius 2 is 1.74 bits per heavy atom. The summed E-state index contributed by atoms with van der Waals surface area (Å²) in [6.07, 6.45) is 0. The maximum Gasteiger partial charge on any atom is 0.336 e. The molecule has 0 fully saturated rings. The summed E-state index contributed by atoms with van der Waals surface area (Å²) < 4.78 is 11.0. The van der Waals surface area contributed by atoms with Crippen LogP contribution in [0.1, 0.15) is 16.7 Å². The van der Waals surface area contributed by atoms with Crippen molar-refractivity contribution >= 4 is 34.2 Å². The smallest absolute Gasteiger partial charge is 0.336 e. The van der Waals surface area contributed by atoms with Crippen LogP contribution in [-0.2, 0) is 6.61 Å². The highest BCUT2D eigenvalue weighted by atomic mass is 35.5. The van der Waals surface area contributed by atoms with Gasteiger partial charge in [0.15, 0.2) is 0 Å². The van der Waals surface area contributed by atoms with Crippen LogP contribution in [0, 0.1) is 13.8 Å². The minimum absolute atomic E-state index is 0.239. The van der Waals surface area contributed by atoms with Crippen molar-refractivity contribution in [1.82, 2.24) is 0 Å². The van der Waals surface area contributed by atoms with Gasteiger partial charge in [-0.2, -0.15) is 0 Å². The molecule has 0 aliphatic rings. The summed E-state index contributed by atoms with van der Waals surface area (Å²) in [5.74, 6) is 0.588. The van der Waals surface area contributed by atoms with Crippen LogP contribution in [-0.4, -0.2) is 0 Å². The molecule has 1 aromatic heterocycles. The first-order chi connectivity index (χ1) is 10.9. The first-order valence-corrected chi connectivity index (χ1v) is 7.81. The molecule has 23 heavy (non-hydrogen) atoms. The number of aryl methyl sites for hydroxylation is 2. The number of fused-ring (bicyclic) bond motifs is 1. The van der Waals surface area contributed by atoms with Gasteiger partial charge in [-0.3, -0.25) is 0 Å². The topological polar surface area (TPSA) is 39.4 Å². The van der Waals surface area contributed by atoms with E-state index in [2.05, 4.69) is 0 Å². The van der Waals surface area contributed by atoms with E-state index >= 15 is 0 Å². The number of halogens is 2. The molecular weight excluding hydrogens is 335 g/mol. The number of rotatable bonds is 3. The predicted octanol–water partition coefficient (Wildman–Crippen LogP) is 5.30. The highest BCUT2D eigenvalue weighted by molar-refractivity contribution is 6.42. The average Bonchev–Trinajstić information content (AvgIpc) is 2.50. The first kappa shape index (κ1) is 15.9. The molecule has 5 heteroatoms. The maximum atomic E-state index is 11.7. The SMILES string of the molecule is Cc1cc2oc(=O)cc(COc3ccc(Cl)c(Cl)c3)c2cc1C. The molecule has 3 aromatic rings. The molecule has 2 aromatic carbocycles. The zero-order valence-electron chi connectivity index (χ0n) is 12.7. The van der Waals surface area contributed by atoms with E-state index in [-0.39, 0.29) is 6.61 Å².